The summed E-state index contributed by atoms with van der Waals surface area (Å²) in [6, 6.07) is 14.0. The Labute approximate surface area is 215 Å². The number of benzene rings is 5. The van der Waals surface area contributed by atoms with E-state index in [0.717, 1.165) is 8.01 Å². The first-order valence-corrected chi connectivity index (χ1v) is 11.7. The zero-order valence-electron chi connectivity index (χ0n) is 18.3. The van der Waals surface area contributed by atoms with Crippen LogP contribution in [0.15, 0.2) is 36.4 Å². The normalized spacial score (nSPS) is 15.0. The van der Waals surface area contributed by atoms with Crippen molar-refractivity contribution in [2.24, 2.45) is 0 Å². The first-order valence-electron chi connectivity index (χ1n) is 10.8. The van der Waals surface area contributed by atoms with E-state index in [-0.39, 0.29) is 22.3 Å². The van der Waals surface area contributed by atoms with E-state index in [0.29, 0.717) is 54.2 Å². The van der Waals surface area contributed by atoms with Gasteiger partial charge in [-0.25, -0.2) is 3.11 Å². The number of nitriles is 2. The third kappa shape index (κ3) is 2.13. The Hall–Kier alpha value is -4.61. The van der Waals surface area contributed by atoms with Gasteiger partial charge in [0, 0.05) is 45.1 Å². The lowest BCUT2D eigenvalue weighted by molar-refractivity contribution is 0.0648. The van der Waals surface area contributed by atoms with E-state index in [1.165, 1.54) is 19.2 Å². The average Bonchev–Trinajstić information content (AvgIpc) is 2.90. The fraction of sp³-hybridized carbons (Fsp3) is 0.0370. The van der Waals surface area contributed by atoms with Gasteiger partial charge in [-0.15, -0.1) is 0 Å². The lowest BCUT2D eigenvalue weighted by Gasteiger charge is -2.28. The zero-order chi connectivity index (χ0) is 25.2. The molecule has 0 radical (unpaired) electrons. The largest absolute Gasteiger partial charge is 0.277 e. The van der Waals surface area contributed by atoms with Crippen LogP contribution in [0.25, 0.3) is 43.1 Å². The molecule has 5 aromatic carbocycles. The summed E-state index contributed by atoms with van der Waals surface area (Å²) in [6.45, 7) is 0. The van der Waals surface area contributed by atoms with Crippen LogP contribution >= 0.6 is 22.9 Å². The minimum Gasteiger partial charge on any atom is -0.277 e. The van der Waals surface area contributed by atoms with Crippen molar-refractivity contribution in [3.8, 4) is 12.1 Å². The number of halogens is 1. The number of carbonyl (C=O) groups is 4. The van der Waals surface area contributed by atoms with Crippen LogP contribution in [0, 0.1) is 22.7 Å². The standard InChI is InChI=1S/C27H9IN4O4/c1-31-24(33)14-4-2-12-18-10(8-29)6-16-22-17(27(36)32(28)26(16)35)7-11(9-30)19(23(18)22)13-3-5-15(25(31)34)21(14)20(12)13/h2-7H,1H3. The van der Waals surface area contributed by atoms with Gasteiger partial charge in [-0.2, -0.15) is 10.5 Å². The molecule has 0 aliphatic carbocycles. The summed E-state index contributed by atoms with van der Waals surface area (Å²) in [7, 11) is 1.43. The number of carbonyl (C=O) groups excluding carboxylic acids is 4. The molecule has 36 heavy (non-hydrogen) atoms. The summed E-state index contributed by atoms with van der Waals surface area (Å²) in [5, 5.41) is 24.3. The first kappa shape index (κ1) is 20.7. The molecule has 0 N–H and O–H groups in total. The quantitative estimate of drug-likeness (QED) is 0.0864. The van der Waals surface area contributed by atoms with Crippen molar-refractivity contribution in [1.82, 2.24) is 8.01 Å². The van der Waals surface area contributed by atoms with Crippen molar-refractivity contribution < 1.29 is 19.2 Å². The molecule has 8 nitrogen and oxygen atoms in total. The van der Waals surface area contributed by atoms with Gasteiger partial charge in [-0.05, 0) is 40.4 Å². The molecule has 4 amide bonds. The molecule has 0 bridgehead atoms. The van der Waals surface area contributed by atoms with Crippen LogP contribution in [0.5, 0.6) is 0 Å². The van der Waals surface area contributed by atoms with Crippen molar-refractivity contribution in [1.29, 1.82) is 10.5 Å². The average molecular weight is 580 g/mol. The summed E-state index contributed by atoms with van der Waals surface area (Å²) >= 11 is 1.63. The molecule has 0 atom stereocenters. The summed E-state index contributed by atoms with van der Waals surface area (Å²) < 4.78 is 0.954. The van der Waals surface area contributed by atoms with Gasteiger partial charge in [-0.3, -0.25) is 24.1 Å². The zero-order valence-corrected chi connectivity index (χ0v) is 20.4. The molecule has 2 heterocycles. The minimum atomic E-state index is -0.540. The molecular formula is C27H9IN4O4. The highest BCUT2D eigenvalue weighted by atomic mass is 127. The Morgan fingerprint density at radius 2 is 1.06 bits per heavy atom. The van der Waals surface area contributed by atoms with Crippen molar-refractivity contribution in [2.75, 3.05) is 7.05 Å². The fourth-order valence-electron chi connectivity index (χ4n) is 5.74. The highest BCUT2D eigenvalue weighted by Gasteiger charge is 2.37. The summed E-state index contributed by atoms with van der Waals surface area (Å²) in [6.07, 6.45) is 0. The Balaban J connectivity index is 1.87. The maximum atomic E-state index is 13.1. The number of amides is 4. The summed E-state index contributed by atoms with van der Waals surface area (Å²) in [4.78, 5) is 53.2. The summed E-state index contributed by atoms with van der Waals surface area (Å²) in [5.74, 6) is -1.96. The molecule has 7 rings (SSSR count). The third-order valence-electron chi connectivity index (χ3n) is 7.23. The molecule has 0 spiro atoms. The predicted octanol–water partition coefficient (Wildman–Crippen LogP) is 4.65. The van der Waals surface area contributed by atoms with E-state index in [2.05, 4.69) is 12.1 Å². The monoisotopic (exact) mass is 580 g/mol. The number of imide groups is 2. The Morgan fingerprint density at radius 3 is 1.50 bits per heavy atom. The number of nitrogens with zero attached hydrogens (tertiary/aromatic N) is 4. The molecule has 0 unspecified atom stereocenters. The Kier molecular flexibility index (Phi) is 3.76. The number of fused-ring (bicyclic) bond motifs is 2. The number of hydrogen-bond acceptors (Lipinski definition) is 6. The second-order valence-electron chi connectivity index (χ2n) is 8.80. The molecule has 0 fully saturated rings. The van der Waals surface area contributed by atoms with Gasteiger partial charge in [0.2, 0.25) is 0 Å². The lowest BCUT2D eigenvalue weighted by Crippen LogP contribution is -2.36. The number of rotatable bonds is 0. The lowest BCUT2D eigenvalue weighted by atomic mass is 9.80. The Bertz CT molecular complexity index is 1940. The Morgan fingerprint density at radius 1 is 0.611 bits per heavy atom. The van der Waals surface area contributed by atoms with Crippen molar-refractivity contribution in [2.45, 2.75) is 0 Å². The molecule has 9 heteroatoms. The van der Waals surface area contributed by atoms with E-state index in [1.807, 2.05) is 0 Å². The van der Waals surface area contributed by atoms with Crippen LogP contribution in [-0.2, 0) is 0 Å². The van der Waals surface area contributed by atoms with Gasteiger partial charge in [0.1, 0.15) is 0 Å². The van der Waals surface area contributed by atoms with Crippen LogP contribution in [0.2, 0.25) is 0 Å². The topological polar surface area (TPSA) is 122 Å². The molecular weight excluding hydrogens is 571 g/mol. The van der Waals surface area contributed by atoms with Gasteiger partial charge in [0.15, 0.2) is 0 Å². The number of hydrogen-bond donors (Lipinski definition) is 0. The summed E-state index contributed by atoms with van der Waals surface area (Å²) in [5.41, 5.74) is 1.52. The molecule has 5 aromatic rings. The van der Waals surface area contributed by atoms with Gasteiger partial charge in [0.25, 0.3) is 23.6 Å². The molecule has 168 valence electrons. The maximum absolute atomic E-state index is 13.1. The van der Waals surface area contributed by atoms with E-state index in [1.54, 1.807) is 47.1 Å². The highest BCUT2D eigenvalue weighted by Crippen LogP contribution is 2.48. The molecule has 0 saturated heterocycles. The SMILES string of the molecule is CN1C(=O)c2ccc3c4c(C#N)cc5c6c(cc(C#N)c(c7ccc(c2c37)C1=O)c64)C(=O)N(I)C5=O. The first-order chi connectivity index (χ1) is 17.3. The molecule has 2 aliphatic rings. The maximum Gasteiger partial charge on any atom is 0.270 e. The van der Waals surface area contributed by atoms with E-state index < -0.39 is 23.6 Å². The van der Waals surface area contributed by atoms with Crippen LogP contribution in [-0.4, -0.2) is 38.7 Å². The van der Waals surface area contributed by atoms with Crippen LogP contribution in [0.3, 0.4) is 0 Å². The second-order valence-corrected chi connectivity index (χ2v) is 9.76. The molecule has 0 saturated carbocycles. The van der Waals surface area contributed by atoms with Crippen LogP contribution in [0.4, 0.5) is 0 Å². The predicted molar refractivity (Wildman–Crippen MR) is 138 cm³/mol. The van der Waals surface area contributed by atoms with Gasteiger partial charge < -0.3 is 0 Å². The van der Waals surface area contributed by atoms with Crippen molar-refractivity contribution in [3.63, 3.8) is 0 Å². The third-order valence-corrected chi connectivity index (χ3v) is 8.11. The molecule has 0 aromatic heterocycles. The molecule has 2 aliphatic heterocycles. The van der Waals surface area contributed by atoms with Crippen LogP contribution in [0.1, 0.15) is 52.6 Å². The highest BCUT2D eigenvalue weighted by molar-refractivity contribution is 14.1. The fourth-order valence-corrected chi connectivity index (χ4v) is 6.25. The van der Waals surface area contributed by atoms with E-state index >= 15 is 0 Å². The van der Waals surface area contributed by atoms with Crippen molar-refractivity contribution >= 4 is 89.6 Å². The van der Waals surface area contributed by atoms with Crippen LogP contribution < -0.4 is 0 Å². The van der Waals surface area contributed by atoms with E-state index in [9.17, 15) is 29.7 Å². The second kappa shape index (κ2) is 6.53. The minimum absolute atomic E-state index is 0.198. The van der Waals surface area contributed by atoms with Gasteiger partial charge in [-0.1, -0.05) is 12.1 Å². The van der Waals surface area contributed by atoms with E-state index in [4.69, 9.17) is 0 Å². The van der Waals surface area contributed by atoms with Gasteiger partial charge in [0.05, 0.1) is 57.3 Å². The van der Waals surface area contributed by atoms with Gasteiger partial charge >= 0.3 is 0 Å². The smallest absolute Gasteiger partial charge is 0.270 e. The van der Waals surface area contributed by atoms with Crippen molar-refractivity contribution in [3.05, 3.63) is 69.8 Å².